The maximum Gasteiger partial charge on any atom is 0.417 e. The van der Waals surface area contributed by atoms with Gasteiger partial charge in [-0.3, -0.25) is 10.1 Å². The van der Waals surface area contributed by atoms with Gasteiger partial charge in [0.25, 0.3) is 0 Å². The number of halogens is 6. The van der Waals surface area contributed by atoms with Gasteiger partial charge in [0, 0.05) is 11.6 Å². The molecule has 3 atom stereocenters. The van der Waals surface area contributed by atoms with Crippen LogP contribution in [0.5, 0.6) is 0 Å². The van der Waals surface area contributed by atoms with Crippen molar-refractivity contribution in [3.8, 4) is 18.2 Å². The molecule has 1 saturated heterocycles. The van der Waals surface area contributed by atoms with Crippen LogP contribution in [0.4, 0.5) is 32.0 Å². The summed E-state index contributed by atoms with van der Waals surface area (Å²) in [6.07, 6.45) is -10.3. The van der Waals surface area contributed by atoms with Crippen LogP contribution in [0.2, 0.25) is 0 Å². The molecule has 1 fully saturated rings. The smallest absolute Gasteiger partial charge is 0.325 e. The highest BCUT2D eigenvalue weighted by molar-refractivity contribution is 5.95. The van der Waals surface area contributed by atoms with Crippen molar-refractivity contribution in [2.45, 2.75) is 36.8 Å². The Hall–Kier alpha value is -4.08. The molecule has 1 aliphatic rings. The molecule has 0 aliphatic carbocycles. The molecule has 2 aromatic carbocycles. The van der Waals surface area contributed by atoms with Crippen molar-refractivity contribution in [1.29, 1.82) is 15.8 Å². The van der Waals surface area contributed by atoms with Gasteiger partial charge >= 0.3 is 12.4 Å². The van der Waals surface area contributed by atoms with E-state index in [1.54, 1.807) is 12.1 Å². The second-order valence-electron chi connectivity index (χ2n) is 7.47. The number of alkyl halides is 6. The number of nitriles is 3. The fraction of sp³-hybridized carbons (Fsp3) is 0.273. The maximum atomic E-state index is 13.7. The first-order chi connectivity index (χ1) is 15.9. The van der Waals surface area contributed by atoms with Crippen molar-refractivity contribution in [2.24, 2.45) is 0 Å². The van der Waals surface area contributed by atoms with Crippen molar-refractivity contribution >= 4 is 11.6 Å². The van der Waals surface area contributed by atoms with Gasteiger partial charge in [0.15, 0.2) is 0 Å². The monoisotopic (exact) mass is 477 g/mol. The normalized spacial score (nSPS) is 20.1. The Morgan fingerprint density at radius 1 is 0.912 bits per heavy atom. The summed E-state index contributed by atoms with van der Waals surface area (Å²) < 4.78 is 81.0. The van der Waals surface area contributed by atoms with E-state index in [0.717, 1.165) is 12.1 Å². The van der Waals surface area contributed by atoms with Crippen LogP contribution < -0.4 is 10.6 Å². The van der Waals surface area contributed by atoms with Crippen molar-refractivity contribution in [3.05, 3.63) is 64.2 Å². The van der Waals surface area contributed by atoms with Crippen molar-refractivity contribution in [3.63, 3.8) is 0 Å². The Morgan fingerprint density at radius 2 is 1.53 bits per heavy atom. The molecular formula is C22H13F6N5O. The van der Waals surface area contributed by atoms with Gasteiger partial charge in [-0.25, -0.2) is 0 Å². The molecule has 174 valence electrons. The molecule has 34 heavy (non-hydrogen) atoms. The molecule has 0 radical (unpaired) electrons. The molecule has 12 heteroatoms. The van der Waals surface area contributed by atoms with Gasteiger partial charge in [0.05, 0.1) is 34.4 Å². The van der Waals surface area contributed by atoms with E-state index in [9.17, 15) is 31.1 Å². The van der Waals surface area contributed by atoms with E-state index >= 15 is 0 Å². The fourth-order valence-electron chi connectivity index (χ4n) is 3.79. The van der Waals surface area contributed by atoms with Gasteiger partial charge in [0.2, 0.25) is 5.91 Å². The first kappa shape index (κ1) is 24.6. The Kier molecular flexibility index (Phi) is 6.53. The highest BCUT2D eigenvalue weighted by Crippen LogP contribution is 2.42. The predicted octanol–water partition coefficient (Wildman–Crippen LogP) is 4.34. The molecule has 0 spiro atoms. The molecular weight excluding hydrogens is 464 g/mol. The zero-order valence-electron chi connectivity index (χ0n) is 16.9. The maximum absolute atomic E-state index is 13.7. The summed E-state index contributed by atoms with van der Waals surface area (Å²) >= 11 is 0. The first-order valence-electron chi connectivity index (χ1n) is 9.58. The van der Waals surface area contributed by atoms with Crippen LogP contribution in [0.25, 0.3) is 0 Å². The number of carbonyl (C=O) groups excluding carboxylic acids is 1. The largest absolute Gasteiger partial charge is 0.417 e. The lowest BCUT2D eigenvalue weighted by atomic mass is 9.88. The van der Waals surface area contributed by atoms with Crippen LogP contribution >= 0.6 is 0 Å². The van der Waals surface area contributed by atoms with Gasteiger partial charge in [-0.05, 0) is 42.3 Å². The van der Waals surface area contributed by atoms with Crippen molar-refractivity contribution in [2.75, 3.05) is 5.32 Å². The van der Waals surface area contributed by atoms with E-state index in [0.29, 0.717) is 6.07 Å². The number of nitrogens with zero attached hydrogens (tertiary/aromatic N) is 3. The van der Waals surface area contributed by atoms with Gasteiger partial charge in [-0.15, -0.1) is 0 Å². The molecule has 0 bridgehead atoms. The van der Waals surface area contributed by atoms with E-state index in [-0.39, 0.29) is 22.4 Å². The predicted molar refractivity (Wildman–Crippen MR) is 105 cm³/mol. The topological polar surface area (TPSA) is 112 Å². The Bertz CT molecular complexity index is 1250. The summed E-state index contributed by atoms with van der Waals surface area (Å²) in [5.74, 6) is -2.42. The quantitative estimate of drug-likeness (QED) is 0.639. The summed E-state index contributed by atoms with van der Waals surface area (Å²) in [5.41, 5.74) is -2.35. The van der Waals surface area contributed by atoms with Crippen LogP contribution in [0, 0.1) is 34.0 Å². The lowest BCUT2D eigenvalue weighted by Gasteiger charge is -2.23. The third kappa shape index (κ3) is 4.95. The summed E-state index contributed by atoms with van der Waals surface area (Å²) in [4.78, 5) is 12.6. The zero-order valence-corrected chi connectivity index (χ0v) is 16.9. The number of benzene rings is 2. The molecule has 1 amide bonds. The van der Waals surface area contributed by atoms with E-state index in [2.05, 4.69) is 10.6 Å². The fourth-order valence-corrected chi connectivity index (χ4v) is 3.79. The van der Waals surface area contributed by atoms with Crippen LogP contribution in [0.15, 0.2) is 36.4 Å². The minimum absolute atomic E-state index is 0.0398. The molecule has 6 nitrogen and oxygen atoms in total. The minimum Gasteiger partial charge on any atom is -0.325 e. The van der Waals surface area contributed by atoms with Crippen LogP contribution in [-0.2, 0) is 11.0 Å². The Balaban J connectivity index is 1.91. The number of carbonyl (C=O) groups is 1. The van der Waals surface area contributed by atoms with E-state index in [1.807, 2.05) is 0 Å². The summed E-state index contributed by atoms with van der Waals surface area (Å²) in [7, 11) is 0. The summed E-state index contributed by atoms with van der Waals surface area (Å²) in [5, 5.41) is 31.4. The number of hydrogen-bond donors (Lipinski definition) is 2. The molecule has 1 aliphatic heterocycles. The molecule has 1 heterocycles. The van der Waals surface area contributed by atoms with E-state index in [1.165, 1.54) is 24.3 Å². The number of hydrogen-bond acceptors (Lipinski definition) is 5. The van der Waals surface area contributed by atoms with Gasteiger partial charge in [-0.1, -0.05) is 6.07 Å². The van der Waals surface area contributed by atoms with Gasteiger partial charge < -0.3 is 5.32 Å². The third-order valence-corrected chi connectivity index (χ3v) is 5.37. The lowest BCUT2D eigenvalue weighted by molar-refractivity contribution is -0.156. The van der Waals surface area contributed by atoms with Crippen LogP contribution in [0.3, 0.4) is 0 Å². The average Bonchev–Trinajstić information content (AvgIpc) is 3.24. The van der Waals surface area contributed by atoms with Crippen LogP contribution in [0.1, 0.15) is 40.2 Å². The van der Waals surface area contributed by atoms with Crippen molar-refractivity contribution in [1.82, 2.24) is 5.32 Å². The molecule has 0 aromatic heterocycles. The van der Waals surface area contributed by atoms with Crippen LogP contribution in [-0.4, -0.2) is 24.2 Å². The molecule has 3 rings (SSSR count). The SMILES string of the molecule is N#Cc1ccc(NC(=O)[C@@H]2CC(c3ccc(C#N)c(C(F)(F)F)c3)[C@H](C(F)(F)F)N2)cc1C#N. The van der Waals surface area contributed by atoms with Gasteiger partial charge in [-0.2, -0.15) is 42.1 Å². The van der Waals surface area contributed by atoms with E-state index < -0.39 is 53.8 Å². The summed E-state index contributed by atoms with van der Waals surface area (Å²) in [6, 6.07) is 7.23. The number of amides is 1. The molecule has 2 N–H and O–H groups in total. The Labute approximate surface area is 189 Å². The first-order valence-corrected chi connectivity index (χ1v) is 9.58. The Morgan fingerprint density at radius 3 is 2.09 bits per heavy atom. The minimum atomic E-state index is -4.95. The highest BCUT2D eigenvalue weighted by atomic mass is 19.4. The number of anilines is 1. The highest BCUT2D eigenvalue weighted by Gasteiger charge is 2.52. The number of rotatable bonds is 3. The van der Waals surface area contributed by atoms with Gasteiger partial charge in [0.1, 0.15) is 18.2 Å². The van der Waals surface area contributed by atoms with E-state index in [4.69, 9.17) is 15.8 Å². The second-order valence-corrected chi connectivity index (χ2v) is 7.47. The van der Waals surface area contributed by atoms with Crippen molar-refractivity contribution < 1.29 is 31.1 Å². The summed E-state index contributed by atoms with van der Waals surface area (Å²) in [6.45, 7) is 0. The molecule has 2 aromatic rings. The molecule has 1 unspecified atom stereocenters. The zero-order chi connectivity index (χ0) is 25.3. The second kappa shape index (κ2) is 9.05. The lowest BCUT2D eigenvalue weighted by Crippen LogP contribution is -2.46. The number of nitrogens with one attached hydrogen (secondary N) is 2. The molecule has 0 saturated carbocycles. The third-order valence-electron chi connectivity index (χ3n) is 5.37. The average molecular weight is 477 g/mol. The standard InChI is InChI=1S/C22H13F6N5O/c23-21(24,25)17-6-11(1-2-13(17)9-30)16-7-18(33-19(16)22(26,27)28)20(34)32-15-4-3-12(8-29)14(5-15)10-31/h1-6,16,18-19,33H,7H2,(H,32,34)/t16?,18-,19+/m0/s1.